The molecule has 0 aromatic heterocycles. The predicted molar refractivity (Wildman–Crippen MR) is 92.1 cm³/mol. The Morgan fingerprint density at radius 1 is 0.846 bits per heavy atom. The first-order chi connectivity index (χ1) is 12.5. The fourth-order valence-corrected chi connectivity index (χ4v) is 2.53. The molecule has 0 N–H and O–H groups in total. The molecule has 0 spiro atoms. The SMILES string of the molecule is COC(=O)C(C(=O)OC)C(C=Cc1ccc(F)cc1)c1ccc(F)cc1. The topological polar surface area (TPSA) is 52.6 Å². The minimum atomic E-state index is -1.26. The van der Waals surface area contributed by atoms with Gasteiger partial charge in [-0.1, -0.05) is 36.4 Å². The summed E-state index contributed by atoms with van der Waals surface area (Å²) in [4.78, 5) is 24.3. The zero-order valence-corrected chi connectivity index (χ0v) is 14.3. The van der Waals surface area contributed by atoms with Crippen LogP contribution in [-0.4, -0.2) is 26.2 Å². The highest BCUT2D eigenvalue weighted by molar-refractivity contribution is 5.96. The molecule has 0 saturated heterocycles. The van der Waals surface area contributed by atoms with E-state index in [1.807, 2.05) is 0 Å². The van der Waals surface area contributed by atoms with Gasteiger partial charge in [0.25, 0.3) is 0 Å². The van der Waals surface area contributed by atoms with Crippen LogP contribution in [0.3, 0.4) is 0 Å². The molecular formula is C20H18F2O4. The molecule has 0 bridgehead atoms. The molecule has 0 aliphatic heterocycles. The van der Waals surface area contributed by atoms with Crippen LogP contribution < -0.4 is 0 Å². The Morgan fingerprint density at radius 2 is 1.31 bits per heavy atom. The lowest BCUT2D eigenvalue weighted by molar-refractivity contribution is -0.159. The Labute approximate surface area is 150 Å². The van der Waals surface area contributed by atoms with Crippen molar-refractivity contribution in [1.82, 2.24) is 0 Å². The van der Waals surface area contributed by atoms with E-state index in [1.54, 1.807) is 24.3 Å². The molecule has 4 nitrogen and oxygen atoms in total. The van der Waals surface area contributed by atoms with E-state index in [9.17, 15) is 18.4 Å². The van der Waals surface area contributed by atoms with Crippen molar-refractivity contribution in [2.45, 2.75) is 5.92 Å². The largest absolute Gasteiger partial charge is 0.468 e. The molecule has 2 aromatic rings. The second-order valence-corrected chi connectivity index (χ2v) is 5.51. The van der Waals surface area contributed by atoms with E-state index in [2.05, 4.69) is 0 Å². The Balaban J connectivity index is 2.46. The molecule has 26 heavy (non-hydrogen) atoms. The van der Waals surface area contributed by atoms with Crippen LogP contribution in [0.2, 0.25) is 0 Å². The number of carbonyl (C=O) groups is 2. The summed E-state index contributed by atoms with van der Waals surface area (Å²) in [5.41, 5.74) is 1.21. The summed E-state index contributed by atoms with van der Waals surface area (Å²) in [6.45, 7) is 0. The molecule has 0 amide bonds. The van der Waals surface area contributed by atoms with Gasteiger partial charge in [0.15, 0.2) is 5.92 Å². The van der Waals surface area contributed by atoms with Crippen LogP contribution in [0.5, 0.6) is 0 Å². The van der Waals surface area contributed by atoms with Gasteiger partial charge in [0.1, 0.15) is 11.6 Å². The molecule has 1 atom stereocenters. The first-order valence-electron chi connectivity index (χ1n) is 7.81. The summed E-state index contributed by atoms with van der Waals surface area (Å²) in [6, 6.07) is 11.1. The Kier molecular flexibility index (Phi) is 6.60. The number of hydrogen-bond acceptors (Lipinski definition) is 4. The summed E-state index contributed by atoms with van der Waals surface area (Å²) >= 11 is 0. The minimum Gasteiger partial charge on any atom is -0.468 e. The van der Waals surface area contributed by atoms with Gasteiger partial charge in [-0.15, -0.1) is 0 Å². The molecule has 2 rings (SSSR count). The van der Waals surface area contributed by atoms with Crippen molar-refractivity contribution < 1.29 is 27.8 Å². The van der Waals surface area contributed by atoms with Crippen LogP contribution in [0, 0.1) is 17.6 Å². The number of ether oxygens (including phenoxy) is 2. The van der Waals surface area contributed by atoms with E-state index >= 15 is 0 Å². The van der Waals surface area contributed by atoms with Crippen LogP contribution in [0.25, 0.3) is 6.08 Å². The van der Waals surface area contributed by atoms with Crippen molar-refractivity contribution in [2.75, 3.05) is 14.2 Å². The van der Waals surface area contributed by atoms with E-state index in [0.717, 1.165) is 0 Å². The van der Waals surface area contributed by atoms with Crippen LogP contribution >= 0.6 is 0 Å². The number of halogens is 2. The average Bonchev–Trinajstić information content (AvgIpc) is 2.66. The van der Waals surface area contributed by atoms with Gasteiger partial charge < -0.3 is 9.47 Å². The zero-order valence-electron chi connectivity index (χ0n) is 14.3. The van der Waals surface area contributed by atoms with Crippen LogP contribution in [0.4, 0.5) is 8.78 Å². The van der Waals surface area contributed by atoms with Gasteiger partial charge in [0.05, 0.1) is 14.2 Å². The predicted octanol–water partition coefficient (Wildman–Crippen LogP) is 3.72. The number of benzene rings is 2. The molecule has 0 fully saturated rings. The summed E-state index contributed by atoms with van der Waals surface area (Å²) in [7, 11) is 2.34. The van der Waals surface area contributed by atoms with Gasteiger partial charge in [-0.25, -0.2) is 8.78 Å². The smallest absolute Gasteiger partial charge is 0.321 e. The van der Waals surface area contributed by atoms with Crippen molar-refractivity contribution in [3.8, 4) is 0 Å². The summed E-state index contributed by atoms with van der Waals surface area (Å²) in [5, 5.41) is 0. The molecule has 1 unspecified atom stereocenters. The number of allylic oxidation sites excluding steroid dienone is 1. The molecule has 0 radical (unpaired) electrons. The highest BCUT2D eigenvalue weighted by Crippen LogP contribution is 2.29. The fourth-order valence-electron chi connectivity index (χ4n) is 2.53. The van der Waals surface area contributed by atoms with Crippen molar-refractivity contribution in [1.29, 1.82) is 0 Å². The third-order valence-electron chi connectivity index (χ3n) is 3.89. The minimum absolute atomic E-state index is 0.376. The van der Waals surface area contributed by atoms with Crippen molar-refractivity contribution in [3.63, 3.8) is 0 Å². The normalized spacial score (nSPS) is 12.2. The van der Waals surface area contributed by atoms with Crippen molar-refractivity contribution >= 4 is 18.0 Å². The van der Waals surface area contributed by atoms with Gasteiger partial charge >= 0.3 is 11.9 Å². The molecular weight excluding hydrogens is 342 g/mol. The number of hydrogen-bond donors (Lipinski definition) is 0. The van der Waals surface area contributed by atoms with Crippen LogP contribution in [-0.2, 0) is 19.1 Å². The fraction of sp³-hybridized carbons (Fsp3) is 0.200. The number of methoxy groups -OCH3 is 2. The van der Waals surface area contributed by atoms with Gasteiger partial charge in [-0.3, -0.25) is 9.59 Å². The van der Waals surface area contributed by atoms with E-state index in [0.29, 0.717) is 11.1 Å². The van der Waals surface area contributed by atoms with Gasteiger partial charge in [-0.2, -0.15) is 0 Å². The molecule has 6 heteroatoms. The van der Waals surface area contributed by atoms with E-state index in [4.69, 9.17) is 9.47 Å². The molecule has 136 valence electrons. The molecule has 0 aliphatic rings. The molecule has 0 saturated carbocycles. The van der Waals surface area contributed by atoms with E-state index < -0.39 is 29.6 Å². The lowest BCUT2D eigenvalue weighted by Crippen LogP contribution is -2.31. The number of esters is 2. The second kappa shape index (κ2) is 8.89. The first-order valence-corrected chi connectivity index (χ1v) is 7.81. The highest BCUT2D eigenvalue weighted by atomic mass is 19.1. The lowest BCUT2D eigenvalue weighted by Gasteiger charge is -2.21. The van der Waals surface area contributed by atoms with Gasteiger partial charge in [0, 0.05) is 5.92 Å². The van der Waals surface area contributed by atoms with Crippen LogP contribution in [0.1, 0.15) is 17.0 Å². The summed E-state index contributed by atoms with van der Waals surface area (Å²) < 4.78 is 35.8. The number of carbonyl (C=O) groups excluding carboxylic acids is 2. The monoisotopic (exact) mass is 360 g/mol. The van der Waals surface area contributed by atoms with Crippen molar-refractivity contribution in [3.05, 3.63) is 77.4 Å². The average molecular weight is 360 g/mol. The quantitative estimate of drug-likeness (QED) is 0.582. The van der Waals surface area contributed by atoms with Gasteiger partial charge in [0.2, 0.25) is 0 Å². The Hall–Kier alpha value is -3.02. The highest BCUT2D eigenvalue weighted by Gasteiger charge is 2.36. The second-order valence-electron chi connectivity index (χ2n) is 5.51. The Morgan fingerprint density at radius 3 is 1.77 bits per heavy atom. The maximum atomic E-state index is 13.3. The van der Waals surface area contributed by atoms with Gasteiger partial charge in [-0.05, 0) is 35.4 Å². The van der Waals surface area contributed by atoms with E-state index in [-0.39, 0.29) is 5.82 Å². The van der Waals surface area contributed by atoms with Crippen LogP contribution in [0.15, 0.2) is 54.6 Å². The summed E-state index contributed by atoms with van der Waals surface area (Å²) in [6.07, 6.45) is 3.26. The first kappa shape index (κ1) is 19.3. The maximum absolute atomic E-state index is 13.3. The third-order valence-corrected chi connectivity index (χ3v) is 3.89. The third kappa shape index (κ3) is 4.75. The Bertz CT molecular complexity index is 766. The molecule has 0 aliphatic carbocycles. The number of rotatable bonds is 6. The summed E-state index contributed by atoms with van der Waals surface area (Å²) in [5.74, 6) is -4.36. The van der Waals surface area contributed by atoms with E-state index in [1.165, 1.54) is 50.6 Å². The molecule has 0 heterocycles. The van der Waals surface area contributed by atoms with Crippen molar-refractivity contribution in [2.24, 2.45) is 5.92 Å². The zero-order chi connectivity index (χ0) is 19.1. The maximum Gasteiger partial charge on any atom is 0.321 e. The molecule has 2 aromatic carbocycles. The standard InChI is InChI=1S/C20H18F2O4/c1-25-19(23)18(20(24)26-2)17(14-6-10-16(22)11-7-14)12-5-13-3-8-15(21)9-4-13/h3-12,17-18H,1-2H3. The lowest BCUT2D eigenvalue weighted by atomic mass is 9.85.